The third-order valence-corrected chi connectivity index (χ3v) is 6.05. The van der Waals surface area contributed by atoms with Gasteiger partial charge in [-0.3, -0.25) is 9.36 Å². The van der Waals surface area contributed by atoms with Gasteiger partial charge in [-0.2, -0.15) is 5.26 Å². The number of anilines is 1. The van der Waals surface area contributed by atoms with Crippen LogP contribution >= 0.6 is 0 Å². The number of amides is 1. The molecule has 1 N–H and O–H groups in total. The Morgan fingerprint density at radius 3 is 2.34 bits per heavy atom. The summed E-state index contributed by atoms with van der Waals surface area (Å²) in [7, 11) is 0. The second-order valence-electron chi connectivity index (χ2n) is 8.04. The third kappa shape index (κ3) is 3.93. The lowest BCUT2D eigenvalue weighted by molar-refractivity contribution is 0.0931. The first-order valence-corrected chi connectivity index (χ1v) is 10.8. The van der Waals surface area contributed by atoms with E-state index in [-0.39, 0.29) is 11.9 Å². The lowest BCUT2D eigenvalue weighted by Gasteiger charge is -2.34. The van der Waals surface area contributed by atoms with Crippen molar-refractivity contribution in [2.45, 2.75) is 18.9 Å². The minimum absolute atomic E-state index is 0.0381. The average molecular weight is 422 g/mol. The average Bonchev–Trinajstić information content (AvgIpc) is 3.29. The molecule has 0 bridgehead atoms. The minimum Gasteiger partial charge on any atom is -0.371 e. The van der Waals surface area contributed by atoms with E-state index < -0.39 is 0 Å². The molecule has 6 nitrogen and oxygen atoms in total. The highest BCUT2D eigenvalue weighted by molar-refractivity contribution is 5.94. The molecule has 0 atom stereocenters. The van der Waals surface area contributed by atoms with Crippen molar-refractivity contribution in [3.05, 3.63) is 90.3 Å². The van der Waals surface area contributed by atoms with Gasteiger partial charge in [-0.05, 0) is 73.5 Å². The Balaban J connectivity index is 1.20. The molecule has 0 aliphatic carbocycles. The number of rotatable bonds is 4. The van der Waals surface area contributed by atoms with E-state index in [2.05, 4.69) is 21.3 Å². The predicted octanol–water partition coefficient (Wildman–Crippen LogP) is 4.30. The monoisotopic (exact) mass is 421 g/mol. The summed E-state index contributed by atoms with van der Waals surface area (Å²) in [6.07, 6.45) is 3.59. The fourth-order valence-corrected chi connectivity index (χ4v) is 4.24. The third-order valence-electron chi connectivity index (χ3n) is 6.05. The number of nitrogens with zero attached hydrogens (tertiary/aromatic N) is 4. The SMILES string of the molecule is N#Cc1ccc(N2CCC(NC(=O)c3ccc(-n4cnc5ccccc54)cc3)CC2)cc1. The van der Waals surface area contributed by atoms with Gasteiger partial charge in [-0.15, -0.1) is 0 Å². The van der Waals surface area contributed by atoms with Crippen LogP contribution in [-0.2, 0) is 0 Å². The number of carbonyl (C=O) groups is 1. The molecule has 1 saturated heterocycles. The van der Waals surface area contributed by atoms with Crippen LogP contribution in [0.3, 0.4) is 0 Å². The first-order chi connectivity index (χ1) is 15.7. The Morgan fingerprint density at radius 2 is 1.62 bits per heavy atom. The molecule has 0 radical (unpaired) electrons. The molecule has 0 unspecified atom stereocenters. The number of fused-ring (bicyclic) bond motifs is 1. The van der Waals surface area contributed by atoms with Crippen LogP contribution < -0.4 is 10.2 Å². The Kier molecular flexibility index (Phi) is 5.30. The predicted molar refractivity (Wildman–Crippen MR) is 125 cm³/mol. The highest BCUT2D eigenvalue weighted by Gasteiger charge is 2.21. The smallest absolute Gasteiger partial charge is 0.251 e. The Hall–Kier alpha value is -4.11. The number of benzene rings is 3. The van der Waals surface area contributed by atoms with E-state index >= 15 is 0 Å². The van der Waals surface area contributed by atoms with E-state index in [0.29, 0.717) is 11.1 Å². The Bertz CT molecular complexity index is 1280. The summed E-state index contributed by atoms with van der Waals surface area (Å²) in [5.41, 5.74) is 5.42. The van der Waals surface area contributed by atoms with Crippen LogP contribution in [-0.4, -0.2) is 34.6 Å². The van der Waals surface area contributed by atoms with Crippen molar-refractivity contribution in [1.82, 2.24) is 14.9 Å². The zero-order chi connectivity index (χ0) is 21.9. The lowest BCUT2D eigenvalue weighted by Crippen LogP contribution is -2.44. The van der Waals surface area contributed by atoms with Crippen molar-refractivity contribution in [3.63, 3.8) is 0 Å². The lowest BCUT2D eigenvalue weighted by atomic mass is 10.0. The number of imidazole rings is 1. The summed E-state index contributed by atoms with van der Waals surface area (Å²) in [4.78, 5) is 19.5. The van der Waals surface area contributed by atoms with E-state index in [1.165, 1.54) is 0 Å². The van der Waals surface area contributed by atoms with Gasteiger partial charge in [0.1, 0.15) is 6.33 Å². The van der Waals surface area contributed by atoms with Gasteiger partial charge in [0.05, 0.1) is 22.7 Å². The fourth-order valence-electron chi connectivity index (χ4n) is 4.24. The fraction of sp³-hybridized carbons (Fsp3) is 0.192. The van der Waals surface area contributed by atoms with Gasteiger partial charge >= 0.3 is 0 Å². The Morgan fingerprint density at radius 1 is 0.938 bits per heavy atom. The van der Waals surface area contributed by atoms with E-state index in [1.807, 2.05) is 77.4 Å². The number of para-hydroxylation sites is 2. The molecule has 4 aromatic rings. The van der Waals surface area contributed by atoms with Gasteiger partial charge < -0.3 is 10.2 Å². The molecule has 3 aromatic carbocycles. The van der Waals surface area contributed by atoms with Crippen molar-refractivity contribution in [2.75, 3.05) is 18.0 Å². The van der Waals surface area contributed by atoms with E-state index in [1.54, 1.807) is 6.33 Å². The van der Waals surface area contributed by atoms with E-state index in [0.717, 1.165) is 48.3 Å². The molecular weight excluding hydrogens is 398 g/mol. The number of hydrogen-bond donors (Lipinski definition) is 1. The molecule has 6 heteroatoms. The standard InChI is InChI=1S/C26H23N5O/c27-17-19-5-9-22(10-6-19)30-15-13-21(14-16-30)29-26(32)20-7-11-23(12-8-20)31-18-28-24-3-1-2-4-25(24)31/h1-12,18,21H,13-16H2,(H,29,32). The van der Waals surface area contributed by atoms with E-state index in [9.17, 15) is 4.79 Å². The van der Waals surface area contributed by atoms with Crippen LogP contribution in [0.25, 0.3) is 16.7 Å². The van der Waals surface area contributed by atoms with Crippen LogP contribution in [0.1, 0.15) is 28.8 Å². The molecule has 1 fully saturated rings. The molecule has 0 saturated carbocycles. The topological polar surface area (TPSA) is 74.0 Å². The van der Waals surface area contributed by atoms with Crippen LogP contribution in [0, 0.1) is 11.3 Å². The van der Waals surface area contributed by atoms with Gasteiger partial charge in [0.25, 0.3) is 5.91 Å². The second kappa shape index (κ2) is 8.56. The largest absolute Gasteiger partial charge is 0.371 e. The number of nitriles is 1. The van der Waals surface area contributed by atoms with Crippen molar-refractivity contribution >= 4 is 22.6 Å². The first kappa shape index (κ1) is 19.8. The number of nitrogens with one attached hydrogen (secondary N) is 1. The molecule has 1 aromatic heterocycles. The molecule has 158 valence electrons. The van der Waals surface area contributed by atoms with Gasteiger partial charge in [0, 0.05) is 36.1 Å². The van der Waals surface area contributed by atoms with Crippen LogP contribution in [0.5, 0.6) is 0 Å². The van der Waals surface area contributed by atoms with Gasteiger partial charge in [-0.1, -0.05) is 12.1 Å². The summed E-state index contributed by atoms with van der Waals surface area (Å²) >= 11 is 0. The molecule has 2 heterocycles. The van der Waals surface area contributed by atoms with Crippen LogP contribution in [0.15, 0.2) is 79.1 Å². The van der Waals surface area contributed by atoms with Gasteiger partial charge in [0.2, 0.25) is 0 Å². The molecule has 5 rings (SSSR count). The molecule has 1 amide bonds. The highest BCUT2D eigenvalue weighted by atomic mass is 16.1. The normalized spacial score (nSPS) is 14.3. The maximum absolute atomic E-state index is 12.8. The summed E-state index contributed by atoms with van der Waals surface area (Å²) < 4.78 is 2.02. The van der Waals surface area contributed by atoms with Crippen molar-refractivity contribution < 1.29 is 4.79 Å². The second-order valence-corrected chi connectivity index (χ2v) is 8.04. The highest BCUT2D eigenvalue weighted by Crippen LogP contribution is 2.21. The quantitative estimate of drug-likeness (QED) is 0.533. The summed E-state index contributed by atoms with van der Waals surface area (Å²) in [6, 6.07) is 25.6. The van der Waals surface area contributed by atoms with Crippen molar-refractivity contribution in [3.8, 4) is 11.8 Å². The first-order valence-electron chi connectivity index (χ1n) is 10.8. The minimum atomic E-state index is -0.0381. The van der Waals surface area contributed by atoms with Gasteiger partial charge in [-0.25, -0.2) is 4.98 Å². The van der Waals surface area contributed by atoms with Crippen LogP contribution in [0.2, 0.25) is 0 Å². The maximum Gasteiger partial charge on any atom is 0.251 e. The molecule has 1 aliphatic rings. The summed E-state index contributed by atoms with van der Waals surface area (Å²) in [6.45, 7) is 1.76. The molecular formula is C26H23N5O. The number of carbonyl (C=O) groups excluding carboxylic acids is 1. The van der Waals surface area contributed by atoms with E-state index in [4.69, 9.17) is 5.26 Å². The number of piperidine rings is 1. The summed E-state index contributed by atoms with van der Waals surface area (Å²) in [5.74, 6) is -0.0381. The maximum atomic E-state index is 12.8. The van der Waals surface area contributed by atoms with Crippen molar-refractivity contribution in [2.24, 2.45) is 0 Å². The Labute approximate surface area is 186 Å². The van der Waals surface area contributed by atoms with Crippen molar-refractivity contribution in [1.29, 1.82) is 5.26 Å². The summed E-state index contributed by atoms with van der Waals surface area (Å²) in [5, 5.41) is 12.1. The number of hydrogen-bond acceptors (Lipinski definition) is 4. The number of aromatic nitrogens is 2. The molecule has 32 heavy (non-hydrogen) atoms. The zero-order valence-corrected chi connectivity index (χ0v) is 17.6. The molecule has 0 spiro atoms. The van der Waals surface area contributed by atoms with Gasteiger partial charge in [0.15, 0.2) is 0 Å². The van der Waals surface area contributed by atoms with Crippen LogP contribution in [0.4, 0.5) is 5.69 Å². The zero-order valence-electron chi connectivity index (χ0n) is 17.6. The molecule has 1 aliphatic heterocycles.